The highest BCUT2D eigenvalue weighted by atomic mass is 35.5. The van der Waals surface area contributed by atoms with E-state index >= 15 is 0 Å². The van der Waals surface area contributed by atoms with Crippen LogP contribution in [0, 0.1) is 5.82 Å². The molecular weight excluding hydrogens is 379 g/mol. The van der Waals surface area contributed by atoms with Crippen molar-refractivity contribution < 1.29 is 28.2 Å². The van der Waals surface area contributed by atoms with Crippen LogP contribution in [0.15, 0.2) is 36.4 Å². The van der Waals surface area contributed by atoms with Crippen molar-refractivity contribution in [2.45, 2.75) is 6.92 Å². The molecule has 0 atom stereocenters. The first-order valence-electron chi connectivity index (χ1n) is 7.68. The van der Waals surface area contributed by atoms with Crippen LogP contribution >= 0.6 is 11.6 Å². The molecule has 0 aliphatic heterocycles. The van der Waals surface area contributed by atoms with Crippen LogP contribution in [0.4, 0.5) is 15.8 Å². The lowest BCUT2D eigenvalue weighted by molar-refractivity contribution is -0.119. The Bertz CT molecular complexity index is 868. The first-order valence-corrected chi connectivity index (χ1v) is 8.06. The van der Waals surface area contributed by atoms with Crippen LogP contribution in [-0.2, 0) is 14.3 Å². The third-order valence-electron chi connectivity index (χ3n) is 3.30. The summed E-state index contributed by atoms with van der Waals surface area (Å²) in [5, 5.41) is 4.94. The second-order valence-electron chi connectivity index (χ2n) is 5.32. The largest absolute Gasteiger partial charge is 0.495 e. The molecule has 9 heteroatoms. The topological polar surface area (TPSA) is 93.7 Å². The minimum atomic E-state index is -1.06. The fraction of sp³-hybridized carbons (Fsp3) is 0.167. The van der Waals surface area contributed by atoms with Crippen molar-refractivity contribution in [3.05, 3.63) is 52.8 Å². The summed E-state index contributed by atoms with van der Waals surface area (Å²) in [5.74, 6) is -2.55. The van der Waals surface area contributed by atoms with Crippen molar-refractivity contribution in [1.29, 1.82) is 0 Å². The average Bonchev–Trinajstić information content (AvgIpc) is 2.59. The summed E-state index contributed by atoms with van der Waals surface area (Å²) in [4.78, 5) is 35.1. The van der Waals surface area contributed by atoms with Crippen LogP contribution in [-0.4, -0.2) is 31.5 Å². The zero-order valence-electron chi connectivity index (χ0n) is 14.5. The minimum absolute atomic E-state index is 0.120. The van der Waals surface area contributed by atoms with Crippen molar-refractivity contribution in [2.75, 3.05) is 24.4 Å². The van der Waals surface area contributed by atoms with Crippen LogP contribution in [0.3, 0.4) is 0 Å². The molecule has 27 heavy (non-hydrogen) atoms. The number of halogens is 2. The van der Waals surface area contributed by atoms with Gasteiger partial charge in [0.1, 0.15) is 17.1 Å². The van der Waals surface area contributed by atoms with Crippen molar-refractivity contribution >= 4 is 40.8 Å². The van der Waals surface area contributed by atoms with Gasteiger partial charge in [0.25, 0.3) is 5.91 Å². The van der Waals surface area contributed by atoms with Crippen molar-refractivity contribution in [3.63, 3.8) is 0 Å². The number of anilines is 2. The number of esters is 1. The number of rotatable bonds is 6. The van der Waals surface area contributed by atoms with Gasteiger partial charge in [0.15, 0.2) is 6.61 Å². The molecule has 2 aromatic rings. The molecule has 7 nitrogen and oxygen atoms in total. The Kier molecular flexibility index (Phi) is 6.73. The van der Waals surface area contributed by atoms with Gasteiger partial charge in [-0.1, -0.05) is 17.7 Å². The summed E-state index contributed by atoms with van der Waals surface area (Å²) in [6.07, 6.45) is 0. The van der Waals surface area contributed by atoms with E-state index < -0.39 is 29.9 Å². The first-order chi connectivity index (χ1) is 12.8. The Hall–Kier alpha value is -3.13. The lowest BCUT2D eigenvalue weighted by Gasteiger charge is -2.13. The normalized spacial score (nSPS) is 10.1. The molecule has 0 saturated heterocycles. The number of carbonyl (C=O) groups is 3. The zero-order chi connectivity index (χ0) is 20.0. The lowest BCUT2D eigenvalue weighted by Crippen LogP contribution is -2.22. The fourth-order valence-corrected chi connectivity index (χ4v) is 2.41. The van der Waals surface area contributed by atoms with Gasteiger partial charge in [0.05, 0.1) is 17.8 Å². The number of ether oxygens (including phenoxy) is 2. The molecule has 0 saturated carbocycles. The lowest BCUT2D eigenvalue weighted by atomic mass is 10.2. The molecule has 2 N–H and O–H groups in total. The van der Waals surface area contributed by atoms with Crippen molar-refractivity contribution in [1.82, 2.24) is 0 Å². The summed E-state index contributed by atoms with van der Waals surface area (Å²) >= 11 is 5.78. The second kappa shape index (κ2) is 9.00. The summed E-state index contributed by atoms with van der Waals surface area (Å²) in [5.41, 5.74) is 0.250. The van der Waals surface area contributed by atoms with Gasteiger partial charge in [-0.3, -0.25) is 9.59 Å². The summed E-state index contributed by atoms with van der Waals surface area (Å²) in [7, 11) is 1.41. The number of nitrogens with one attached hydrogen (secondary N) is 2. The van der Waals surface area contributed by atoms with E-state index in [1.807, 2.05) is 0 Å². The van der Waals surface area contributed by atoms with E-state index in [-0.39, 0.29) is 16.6 Å². The van der Waals surface area contributed by atoms with Gasteiger partial charge in [0, 0.05) is 12.6 Å². The number of methoxy groups -OCH3 is 1. The van der Waals surface area contributed by atoms with Gasteiger partial charge < -0.3 is 20.1 Å². The predicted molar refractivity (Wildman–Crippen MR) is 97.6 cm³/mol. The molecule has 0 aliphatic carbocycles. The quantitative estimate of drug-likeness (QED) is 0.733. The number of hydrogen-bond acceptors (Lipinski definition) is 5. The van der Waals surface area contributed by atoms with Crippen molar-refractivity contribution in [2.24, 2.45) is 0 Å². The molecular formula is C18H16ClFN2O5. The minimum Gasteiger partial charge on any atom is -0.495 e. The van der Waals surface area contributed by atoms with Gasteiger partial charge in [0.2, 0.25) is 5.91 Å². The molecule has 2 amide bonds. The maximum absolute atomic E-state index is 13.7. The van der Waals surface area contributed by atoms with E-state index in [2.05, 4.69) is 10.6 Å². The van der Waals surface area contributed by atoms with Crippen LogP contribution in [0.25, 0.3) is 0 Å². The molecule has 0 aliphatic rings. The molecule has 0 aromatic heterocycles. The third kappa shape index (κ3) is 5.42. The van der Waals surface area contributed by atoms with Gasteiger partial charge in [-0.15, -0.1) is 0 Å². The Balaban J connectivity index is 2.05. The number of hydrogen-bond donors (Lipinski definition) is 2. The van der Waals surface area contributed by atoms with Gasteiger partial charge >= 0.3 is 5.97 Å². The molecule has 2 rings (SSSR count). The Morgan fingerprint density at radius 3 is 2.52 bits per heavy atom. The van der Waals surface area contributed by atoms with Crippen LogP contribution in [0.5, 0.6) is 5.75 Å². The summed E-state index contributed by atoms with van der Waals surface area (Å²) in [6, 6.07) is 8.35. The number of carbonyl (C=O) groups excluding carboxylic acids is 3. The second-order valence-corrected chi connectivity index (χ2v) is 5.72. The molecule has 0 unspecified atom stereocenters. The SMILES string of the molecule is COc1ccc(NC(C)=O)cc1NC(=O)COC(=O)c1c(F)cccc1Cl. The highest BCUT2D eigenvalue weighted by Crippen LogP contribution is 2.28. The third-order valence-corrected chi connectivity index (χ3v) is 3.61. The van der Waals surface area contributed by atoms with Gasteiger partial charge in [-0.2, -0.15) is 0 Å². The smallest absolute Gasteiger partial charge is 0.343 e. The van der Waals surface area contributed by atoms with Crippen molar-refractivity contribution in [3.8, 4) is 5.75 Å². The molecule has 0 radical (unpaired) electrons. The van der Waals surface area contributed by atoms with Crippen LogP contribution in [0.2, 0.25) is 5.02 Å². The van der Waals surface area contributed by atoms with E-state index in [1.165, 1.54) is 32.2 Å². The summed E-state index contributed by atoms with van der Waals surface area (Å²) in [6.45, 7) is 0.673. The highest BCUT2D eigenvalue weighted by molar-refractivity contribution is 6.33. The van der Waals surface area contributed by atoms with Crippen LogP contribution in [0.1, 0.15) is 17.3 Å². The van der Waals surface area contributed by atoms with E-state index in [4.69, 9.17) is 21.1 Å². The van der Waals surface area contributed by atoms with E-state index in [1.54, 1.807) is 12.1 Å². The van der Waals surface area contributed by atoms with Gasteiger partial charge in [-0.25, -0.2) is 9.18 Å². The molecule has 2 aromatic carbocycles. The van der Waals surface area contributed by atoms with Gasteiger partial charge in [-0.05, 0) is 30.3 Å². The summed E-state index contributed by atoms with van der Waals surface area (Å²) < 4.78 is 23.6. The Morgan fingerprint density at radius 1 is 1.15 bits per heavy atom. The standard InChI is InChI=1S/C18H16ClFN2O5/c1-10(23)21-11-6-7-15(26-2)14(8-11)22-16(24)9-27-18(25)17-12(19)4-3-5-13(17)20/h3-8H,9H2,1-2H3,(H,21,23)(H,22,24). The zero-order valence-corrected chi connectivity index (χ0v) is 15.2. The Labute approximate surface area is 159 Å². The molecule has 0 fully saturated rings. The predicted octanol–water partition coefficient (Wildman–Crippen LogP) is 3.24. The maximum atomic E-state index is 13.7. The van der Waals surface area contributed by atoms with E-state index in [0.29, 0.717) is 11.4 Å². The Morgan fingerprint density at radius 2 is 1.89 bits per heavy atom. The first kappa shape index (κ1) is 20.2. The molecule has 0 bridgehead atoms. The average molecular weight is 395 g/mol. The highest BCUT2D eigenvalue weighted by Gasteiger charge is 2.19. The molecule has 0 heterocycles. The maximum Gasteiger partial charge on any atom is 0.343 e. The monoisotopic (exact) mass is 394 g/mol. The number of amides is 2. The van der Waals surface area contributed by atoms with Crippen LogP contribution < -0.4 is 15.4 Å². The fourth-order valence-electron chi connectivity index (χ4n) is 2.17. The van der Waals surface area contributed by atoms with E-state index in [9.17, 15) is 18.8 Å². The molecule has 0 spiro atoms. The van der Waals surface area contributed by atoms with E-state index in [0.717, 1.165) is 6.07 Å². The molecule has 142 valence electrons. The number of benzene rings is 2.